The van der Waals surface area contributed by atoms with Gasteiger partial charge >= 0.3 is 0 Å². The second-order valence-electron chi connectivity index (χ2n) is 6.52. The molecule has 1 aliphatic heterocycles. The van der Waals surface area contributed by atoms with E-state index in [9.17, 15) is 4.39 Å². The number of halogens is 2. The number of hydrogen-bond acceptors (Lipinski definition) is 2. The predicted octanol–water partition coefficient (Wildman–Crippen LogP) is 5.35. The van der Waals surface area contributed by atoms with Gasteiger partial charge in [-0.3, -0.25) is 4.99 Å². The van der Waals surface area contributed by atoms with Crippen molar-refractivity contribution in [3.8, 4) is 0 Å². The lowest BCUT2D eigenvalue weighted by Gasteiger charge is -2.29. The summed E-state index contributed by atoms with van der Waals surface area (Å²) in [5.41, 5.74) is 2.87. The van der Waals surface area contributed by atoms with E-state index < -0.39 is 0 Å². The van der Waals surface area contributed by atoms with Crippen LogP contribution in [0.3, 0.4) is 0 Å². The number of rotatable bonds is 1. The Kier molecular flexibility index (Phi) is 4.08. The summed E-state index contributed by atoms with van der Waals surface area (Å²) >= 11 is 3.80. The molecule has 0 saturated carbocycles. The molecular formula is C21H18BrFN2. The molecule has 0 spiro atoms. The summed E-state index contributed by atoms with van der Waals surface area (Å²) < 4.78 is 15.6. The van der Waals surface area contributed by atoms with Gasteiger partial charge < -0.3 is 4.90 Å². The number of hydrogen-bond donors (Lipinski definition) is 0. The number of amidine groups is 1. The Morgan fingerprint density at radius 3 is 2.52 bits per heavy atom. The minimum absolute atomic E-state index is 0.216. The van der Waals surface area contributed by atoms with Crippen LogP contribution in [0.1, 0.15) is 22.7 Å². The van der Waals surface area contributed by atoms with Crippen LogP contribution in [0.15, 0.2) is 64.1 Å². The molecule has 0 amide bonds. The standard InChI is InChI=1S/C21H18BrFN2/c1-25(2)19-12-16-17(11-13-7-3-4-8-14(13)20(16)22)21(24-19)15-9-5-6-10-18(15)23/h3-11,21H,12H2,1-2H3. The summed E-state index contributed by atoms with van der Waals surface area (Å²) in [7, 11) is 3.97. The van der Waals surface area contributed by atoms with Gasteiger partial charge in [0.1, 0.15) is 17.7 Å². The van der Waals surface area contributed by atoms with Crippen molar-refractivity contribution in [3.05, 3.63) is 81.6 Å². The minimum Gasteiger partial charge on any atom is -0.366 e. The molecule has 4 heteroatoms. The molecule has 0 aliphatic carbocycles. The van der Waals surface area contributed by atoms with Crippen LogP contribution in [0.25, 0.3) is 10.8 Å². The lowest BCUT2D eigenvalue weighted by atomic mass is 9.88. The Hall–Kier alpha value is -2.20. The summed E-state index contributed by atoms with van der Waals surface area (Å²) in [6, 6.07) is 17.0. The molecule has 3 aromatic carbocycles. The fraction of sp³-hybridized carbons (Fsp3) is 0.190. The summed E-state index contributed by atoms with van der Waals surface area (Å²) in [6.45, 7) is 0. The highest BCUT2D eigenvalue weighted by Gasteiger charge is 2.28. The number of aliphatic imine (C=N–C) groups is 1. The van der Waals surface area contributed by atoms with Crippen LogP contribution in [0.2, 0.25) is 0 Å². The number of benzene rings is 3. The van der Waals surface area contributed by atoms with Crippen LogP contribution in [-0.2, 0) is 6.42 Å². The third kappa shape index (κ3) is 2.74. The van der Waals surface area contributed by atoms with Gasteiger partial charge in [0.15, 0.2) is 0 Å². The molecule has 1 heterocycles. The maximum Gasteiger partial charge on any atom is 0.128 e. The molecule has 25 heavy (non-hydrogen) atoms. The second kappa shape index (κ2) is 6.26. The maximum atomic E-state index is 14.5. The zero-order valence-corrected chi connectivity index (χ0v) is 15.7. The van der Waals surface area contributed by atoms with Crippen molar-refractivity contribution in [1.82, 2.24) is 4.90 Å². The van der Waals surface area contributed by atoms with Crippen molar-refractivity contribution in [1.29, 1.82) is 0 Å². The zero-order valence-electron chi connectivity index (χ0n) is 14.1. The van der Waals surface area contributed by atoms with Gasteiger partial charge in [0.25, 0.3) is 0 Å². The van der Waals surface area contributed by atoms with Gasteiger partial charge in [-0.15, -0.1) is 0 Å². The monoisotopic (exact) mass is 396 g/mol. The van der Waals surface area contributed by atoms with E-state index in [4.69, 9.17) is 4.99 Å². The number of nitrogens with zero attached hydrogens (tertiary/aromatic N) is 2. The largest absolute Gasteiger partial charge is 0.366 e. The molecule has 1 unspecified atom stereocenters. The van der Waals surface area contributed by atoms with Crippen LogP contribution in [0, 0.1) is 5.82 Å². The quantitative estimate of drug-likeness (QED) is 0.541. The van der Waals surface area contributed by atoms with Crippen LogP contribution in [0.4, 0.5) is 4.39 Å². The average molecular weight is 397 g/mol. The molecule has 0 saturated heterocycles. The van der Waals surface area contributed by atoms with E-state index in [1.807, 2.05) is 43.3 Å². The van der Waals surface area contributed by atoms with E-state index in [0.717, 1.165) is 27.7 Å². The zero-order chi connectivity index (χ0) is 17.6. The normalized spacial score (nSPS) is 16.5. The molecule has 0 bridgehead atoms. The summed E-state index contributed by atoms with van der Waals surface area (Å²) in [6.07, 6.45) is 0.735. The van der Waals surface area contributed by atoms with Crippen molar-refractivity contribution in [2.24, 2.45) is 4.99 Å². The molecule has 1 atom stereocenters. The molecule has 0 aromatic heterocycles. The fourth-order valence-corrected chi connectivity index (χ4v) is 4.15. The molecule has 0 N–H and O–H groups in total. The van der Waals surface area contributed by atoms with E-state index >= 15 is 0 Å². The lowest BCUT2D eigenvalue weighted by molar-refractivity contribution is 0.574. The third-order valence-electron chi connectivity index (χ3n) is 4.75. The SMILES string of the molecule is CN(C)C1=NC(c2ccccc2F)c2cc3ccccc3c(Br)c2C1. The molecule has 4 rings (SSSR count). The van der Waals surface area contributed by atoms with Gasteiger partial charge in [-0.25, -0.2) is 4.39 Å². The lowest BCUT2D eigenvalue weighted by Crippen LogP contribution is -2.29. The van der Waals surface area contributed by atoms with Crippen LogP contribution in [-0.4, -0.2) is 24.8 Å². The third-order valence-corrected chi connectivity index (χ3v) is 5.65. The number of likely N-dealkylation sites (N-methyl/N-ethyl adjacent to an activating group) is 1. The maximum absolute atomic E-state index is 14.5. The highest BCUT2D eigenvalue weighted by Crippen LogP contribution is 2.41. The Morgan fingerprint density at radius 1 is 1.04 bits per heavy atom. The van der Waals surface area contributed by atoms with Crippen molar-refractivity contribution < 1.29 is 4.39 Å². The first-order chi connectivity index (χ1) is 12.1. The number of fused-ring (bicyclic) bond motifs is 2. The van der Waals surface area contributed by atoms with Crippen LogP contribution in [0.5, 0.6) is 0 Å². The Labute approximate surface area is 155 Å². The van der Waals surface area contributed by atoms with Crippen molar-refractivity contribution in [2.75, 3.05) is 14.1 Å². The first-order valence-electron chi connectivity index (χ1n) is 8.24. The molecule has 0 radical (unpaired) electrons. The predicted molar refractivity (Wildman–Crippen MR) is 105 cm³/mol. The molecule has 3 aromatic rings. The van der Waals surface area contributed by atoms with E-state index in [-0.39, 0.29) is 11.9 Å². The summed E-state index contributed by atoms with van der Waals surface area (Å²) in [5.74, 6) is 0.739. The van der Waals surface area contributed by atoms with Crippen LogP contribution >= 0.6 is 15.9 Å². The highest BCUT2D eigenvalue weighted by atomic mass is 79.9. The topological polar surface area (TPSA) is 15.6 Å². The van der Waals surface area contributed by atoms with E-state index in [0.29, 0.717) is 5.56 Å². The molecule has 2 nitrogen and oxygen atoms in total. The molecule has 0 fully saturated rings. The van der Waals surface area contributed by atoms with Crippen molar-refractivity contribution in [3.63, 3.8) is 0 Å². The molecule has 1 aliphatic rings. The smallest absolute Gasteiger partial charge is 0.128 e. The first-order valence-corrected chi connectivity index (χ1v) is 9.04. The van der Waals surface area contributed by atoms with E-state index in [1.54, 1.807) is 6.07 Å². The van der Waals surface area contributed by atoms with E-state index in [1.165, 1.54) is 17.0 Å². The van der Waals surface area contributed by atoms with Gasteiger partial charge in [0, 0.05) is 30.6 Å². The average Bonchev–Trinajstić information content (AvgIpc) is 2.62. The van der Waals surface area contributed by atoms with E-state index in [2.05, 4.69) is 34.1 Å². The molecular weight excluding hydrogens is 379 g/mol. The van der Waals surface area contributed by atoms with Crippen molar-refractivity contribution >= 4 is 32.5 Å². The first kappa shape index (κ1) is 16.3. The van der Waals surface area contributed by atoms with Gasteiger partial charge in [0.05, 0.1) is 0 Å². The summed E-state index contributed by atoms with van der Waals surface area (Å²) in [5, 5.41) is 2.31. The molecule has 126 valence electrons. The Balaban J connectivity index is 2.01. The Bertz CT molecular complexity index is 994. The fourth-order valence-electron chi connectivity index (χ4n) is 3.42. The van der Waals surface area contributed by atoms with Crippen molar-refractivity contribution in [2.45, 2.75) is 12.5 Å². The minimum atomic E-state index is -0.330. The Morgan fingerprint density at radius 2 is 1.76 bits per heavy atom. The highest BCUT2D eigenvalue weighted by molar-refractivity contribution is 9.10. The van der Waals surface area contributed by atoms with Gasteiger partial charge in [-0.1, -0.05) is 42.5 Å². The van der Waals surface area contributed by atoms with Gasteiger partial charge in [-0.2, -0.15) is 0 Å². The summed E-state index contributed by atoms with van der Waals surface area (Å²) in [4.78, 5) is 6.90. The van der Waals surface area contributed by atoms with Crippen LogP contribution < -0.4 is 0 Å². The second-order valence-corrected chi connectivity index (χ2v) is 7.31. The van der Waals surface area contributed by atoms with Gasteiger partial charge in [-0.05, 0) is 50.0 Å². The van der Waals surface area contributed by atoms with Gasteiger partial charge in [0.2, 0.25) is 0 Å².